The fourth-order valence-electron chi connectivity index (χ4n) is 3.77. The molecule has 3 heterocycles. The number of thiazole rings is 1. The molecular weight excluding hydrogens is 515 g/mol. The van der Waals surface area contributed by atoms with Crippen LogP contribution in [-0.4, -0.2) is 35.8 Å². The summed E-state index contributed by atoms with van der Waals surface area (Å²) >= 11 is 7.26. The van der Waals surface area contributed by atoms with E-state index >= 15 is 0 Å². The van der Waals surface area contributed by atoms with Crippen LogP contribution in [0.1, 0.15) is 13.3 Å². The van der Waals surface area contributed by atoms with Gasteiger partial charge in [0, 0.05) is 32.1 Å². The predicted octanol–water partition coefficient (Wildman–Crippen LogP) is 2.08. The first-order chi connectivity index (χ1) is 17.0. The molecule has 190 valence electrons. The zero-order chi connectivity index (χ0) is 26.3. The Balaban J connectivity index is 1.60. The Hall–Kier alpha value is -3.71. The van der Waals surface area contributed by atoms with Gasteiger partial charge in [-0.05, 0) is 18.6 Å². The van der Waals surface area contributed by atoms with Crippen LogP contribution in [0.25, 0.3) is 22.4 Å². The number of fused-ring (bicyclic) bond motifs is 1. The van der Waals surface area contributed by atoms with Crippen molar-refractivity contribution in [1.29, 1.82) is 0 Å². The highest BCUT2D eigenvalue weighted by molar-refractivity contribution is 7.14. The molecule has 1 aromatic carbocycles. The summed E-state index contributed by atoms with van der Waals surface area (Å²) in [5.41, 5.74) is -1.12. The van der Waals surface area contributed by atoms with Crippen molar-refractivity contribution in [3.63, 3.8) is 0 Å². The van der Waals surface area contributed by atoms with E-state index in [9.17, 15) is 23.6 Å². The van der Waals surface area contributed by atoms with Crippen LogP contribution >= 0.6 is 22.9 Å². The highest BCUT2D eigenvalue weighted by Gasteiger charge is 2.22. The Labute approximate surface area is 211 Å². The summed E-state index contributed by atoms with van der Waals surface area (Å²) in [4.78, 5) is 54.8. The lowest BCUT2D eigenvalue weighted by Crippen LogP contribution is -2.38. The number of benzene rings is 1. The maximum absolute atomic E-state index is 14.5. The number of imidazole rings is 1. The third-order valence-electron chi connectivity index (χ3n) is 5.51. The Bertz CT molecular complexity index is 1660. The van der Waals surface area contributed by atoms with Crippen LogP contribution < -0.4 is 27.0 Å². The van der Waals surface area contributed by atoms with E-state index in [0.717, 1.165) is 25.0 Å². The summed E-state index contributed by atoms with van der Waals surface area (Å²) in [5.74, 6) is -1.28. The molecule has 11 nitrogen and oxygen atoms in total. The normalized spacial score (nSPS) is 11.3. The molecule has 0 saturated carbocycles. The van der Waals surface area contributed by atoms with Crippen molar-refractivity contribution in [3.8, 4) is 17.0 Å². The van der Waals surface area contributed by atoms with Crippen LogP contribution in [0.4, 0.5) is 9.52 Å². The molecule has 1 N–H and O–H groups in total. The zero-order valence-electron chi connectivity index (χ0n) is 19.8. The first-order valence-electron chi connectivity index (χ1n) is 10.8. The number of anilines is 1. The molecule has 36 heavy (non-hydrogen) atoms. The second-order valence-electron chi connectivity index (χ2n) is 8.01. The maximum atomic E-state index is 14.5. The van der Waals surface area contributed by atoms with Gasteiger partial charge in [-0.3, -0.25) is 27.9 Å². The minimum absolute atomic E-state index is 0.0322. The minimum atomic E-state index is -0.694. The third kappa shape index (κ3) is 4.35. The number of aryl methyl sites for hydroxylation is 2. The van der Waals surface area contributed by atoms with E-state index in [4.69, 9.17) is 16.3 Å². The molecule has 4 rings (SSSR count). The van der Waals surface area contributed by atoms with E-state index in [-0.39, 0.29) is 27.1 Å². The van der Waals surface area contributed by atoms with E-state index in [1.54, 1.807) is 5.38 Å². The molecule has 0 aliphatic carbocycles. The number of hydrogen-bond acceptors (Lipinski definition) is 7. The minimum Gasteiger partial charge on any atom is -0.489 e. The fourth-order valence-corrected chi connectivity index (χ4v) is 4.76. The van der Waals surface area contributed by atoms with Crippen molar-refractivity contribution in [2.45, 2.75) is 19.9 Å². The van der Waals surface area contributed by atoms with Crippen molar-refractivity contribution in [2.24, 2.45) is 21.1 Å². The molecule has 4 aromatic rings. The number of ether oxygens (including phenoxy) is 1. The van der Waals surface area contributed by atoms with Crippen molar-refractivity contribution in [2.75, 3.05) is 11.9 Å². The van der Waals surface area contributed by atoms with Gasteiger partial charge in [-0.2, -0.15) is 0 Å². The van der Waals surface area contributed by atoms with Crippen LogP contribution in [0.3, 0.4) is 0 Å². The van der Waals surface area contributed by atoms with Gasteiger partial charge in [0.05, 0.1) is 17.3 Å². The summed E-state index contributed by atoms with van der Waals surface area (Å²) in [6.07, 6.45) is 0.699. The molecule has 0 unspecified atom stereocenters. The second kappa shape index (κ2) is 9.74. The Morgan fingerprint density at radius 3 is 2.50 bits per heavy atom. The van der Waals surface area contributed by atoms with Gasteiger partial charge in [0.2, 0.25) is 5.91 Å². The second-order valence-corrected chi connectivity index (χ2v) is 9.27. The summed E-state index contributed by atoms with van der Waals surface area (Å²) in [6.45, 7) is 1.73. The van der Waals surface area contributed by atoms with Crippen molar-refractivity contribution in [3.05, 3.63) is 59.7 Å². The smallest absolute Gasteiger partial charge is 0.332 e. The summed E-state index contributed by atoms with van der Waals surface area (Å²) in [6, 6.07) is 2.76. The van der Waals surface area contributed by atoms with Gasteiger partial charge in [-0.15, -0.1) is 11.3 Å². The molecule has 0 aliphatic rings. The maximum Gasteiger partial charge on any atom is 0.332 e. The number of carbonyl (C=O) groups excluding carboxylic acids is 1. The summed E-state index contributed by atoms with van der Waals surface area (Å²) in [5, 5.41) is 4.50. The number of carbonyl (C=O) groups is 1. The lowest BCUT2D eigenvalue weighted by Gasteiger charge is -2.09. The fraction of sp³-hybridized carbons (Fsp3) is 0.318. The highest BCUT2D eigenvalue weighted by Crippen LogP contribution is 2.34. The largest absolute Gasteiger partial charge is 0.489 e. The number of amides is 1. The van der Waals surface area contributed by atoms with Crippen LogP contribution in [0.15, 0.2) is 31.9 Å². The van der Waals surface area contributed by atoms with E-state index in [1.807, 2.05) is 6.92 Å². The van der Waals surface area contributed by atoms with Crippen molar-refractivity contribution < 1.29 is 13.9 Å². The Kier molecular flexibility index (Phi) is 6.87. The molecule has 14 heteroatoms. The number of halogens is 2. The van der Waals surface area contributed by atoms with Crippen LogP contribution in [0.5, 0.6) is 5.75 Å². The van der Waals surface area contributed by atoms with Gasteiger partial charge in [-0.25, -0.2) is 19.0 Å². The van der Waals surface area contributed by atoms with E-state index in [2.05, 4.69) is 10.3 Å². The predicted molar refractivity (Wildman–Crippen MR) is 135 cm³/mol. The monoisotopic (exact) mass is 536 g/mol. The van der Waals surface area contributed by atoms with Crippen molar-refractivity contribution >= 4 is 45.1 Å². The number of nitrogens with zero attached hydrogens (tertiary/aromatic N) is 5. The van der Waals surface area contributed by atoms with Gasteiger partial charge >= 0.3 is 11.4 Å². The molecule has 3 aromatic heterocycles. The number of nitrogens with one attached hydrogen (secondary N) is 1. The lowest BCUT2D eigenvalue weighted by atomic mass is 10.1. The Morgan fingerprint density at radius 2 is 1.83 bits per heavy atom. The van der Waals surface area contributed by atoms with Crippen molar-refractivity contribution in [1.82, 2.24) is 23.3 Å². The van der Waals surface area contributed by atoms with Crippen LogP contribution in [0.2, 0.25) is 5.02 Å². The van der Waals surface area contributed by atoms with Gasteiger partial charge < -0.3 is 10.1 Å². The average Bonchev–Trinajstić information content (AvgIpc) is 3.39. The number of aromatic nitrogens is 5. The van der Waals surface area contributed by atoms with E-state index < -0.39 is 35.2 Å². The molecule has 1 amide bonds. The average molecular weight is 537 g/mol. The van der Waals surface area contributed by atoms with Gasteiger partial charge in [0.15, 0.2) is 27.9 Å². The first kappa shape index (κ1) is 25.4. The topological polar surface area (TPSA) is 122 Å². The Morgan fingerprint density at radius 1 is 1.14 bits per heavy atom. The van der Waals surface area contributed by atoms with E-state index in [0.29, 0.717) is 24.3 Å². The molecule has 0 radical (unpaired) electrons. The third-order valence-corrected chi connectivity index (χ3v) is 6.55. The molecule has 0 spiro atoms. The van der Waals surface area contributed by atoms with Gasteiger partial charge in [0.25, 0.3) is 5.56 Å². The summed E-state index contributed by atoms with van der Waals surface area (Å²) in [7, 11) is 4.14. The quantitative estimate of drug-likeness (QED) is 0.386. The first-order valence-corrected chi connectivity index (χ1v) is 12.0. The molecule has 0 atom stereocenters. The number of hydrogen-bond donors (Lipinski definition) is 1. The van der Waals surface area contributed by atoms with Gasteiger partial charge in [0.1, 0.15) is 6.54 Å². The van der Waals surface area contributed by atoms with Gasteiger partial charge in [-0.1, -0.05) is 18.5 Å². The SMILES string of the molecule is CCCOc1c(F)cc(-c2csc(NC(=O)Cn3c(=O)n(C)c4c3c(=O)n(C)c(=O)n4C)n2)cc1Cl. The van der Waals surface area contributed by atoms with Crippen LogP contribution in [-0.2, 0) is 32.5 Å². The lowest BCUT2D eigenvalue weighted by molar-refractivity contribution is -0.116. The zero-order valence-corrected chi connectivity index (χ0v) is 21.4. The summed E-state index contributed by atoms with van der Waals surface area (Å²) < 4.78 is 24.0. The molecule has 0 saturated heterocycles. The standard InChI is InChI=1S/C22H22ClFN6O5S/c1-5-6-35-17-12(23)7-11(8-13(17)24)14-10-36-20(25-14)26-15(31)9-30-16-18(28(3)22(30)34)27(2)21(33)29(4)19(16)32/h7-8,10H,5-6,9H2,1-4H3,(H,25,26,31). The van der Waals surface area contributed by atoms with Crippen LogP contribution in [0, 0.1) is 5.82 Å². The molecule has 0 bridgehead atoms. The molecule has 0 aliphatic heterocycles. The van der Waals surface area contributed by atoms with E-state index in [1.165, 1.54) is 37.8 Å². The molecule has 0 fully saturated rings. The molecular formula is C22H22ClFN6O5S. The highest BCUT2D eigenvalue weighted by atomic mass is 35.5. The number of rotatable bonds is 7.